The van der Waals surface area contributed by atoms with Crippen LogP contribution in [0.3, 0.4) is 0 Å². The van der Waals surface area contributed by atoms with E-state index in [1.165, 1.54) is 24.3 Å². The first-order valence-electron chi connectivity index (χ1n) is 5.28. The molecule has 0 aliphatic rings. The highest BCUT2D eigenvalue weighted by atomic mass is 16.6. The maximum atomic E-state index is 10.6. The van der Waals surface area contributed by atoms with Crippen molar-refractivity contribution < 1.29 is 14.8 Å². The molecule has 0 amide bonds. The summed E-state index contributed by atoms with van der Waals surface area (Å²) < 4.78 is 5.57. The van der Waals surface area contributed by atoms with Gasteiger partial charge in [-0.25, -0.2) is 0 Å². The molecule has 2 rings (SSSR count). The predicted octanol–water partition coefficient (Wildman–Crippen LogP) is 3.40. The molecule has 0 aliphatic carbocycles. The number of benzene rings is 2. The second-order valence-corrected chi connectivity index (χ2v) is 3.80. The number of nitro groups is 1. The molecule has 2 aromatic carbocycles. The largest absolute Gasteiger partial charge is 0.508 e. The van der Waals surface area contributed by atoms with Crippen LogP contribution in [0, 0.1) is 17.0 Å². The number of phenolic OH excluding ortho intramolecular Hbond substituents is 1. The standard InChI is InChI=1S/C13H11NO4/c1-9-8-10(14(16)17)2-7-13(9)18-12-5-3-11(15)4-6-12/h2-8,15H,1H3. The Labute approximate surface area is 103 Å². The molecule has 0 atom stereocenters. The van der Waals surface area contributed by atoms with Crippen LogP contribution in [-0.4, -0.2) is 10.0 Å². The molecule has 0 radical (unpaired) electrons. The molecule has 5 nitrogen and oxygen atoms in total. The summed E-state index contributed by atoms with van der Waals surface area (Å²) in [5, 5.41) is 19.7. The zero-order chi connectivity index (χ0) is 13.1. The van der Waals surface area contributed by atoms with Gasteiger partial charge in [-0.2, -0.15) is 0 Å². The minimum absolute atomic E-state index is 0.0329. The molecule has 0 saturated carbocycles. The molecule has 0 spiro atoms. The van der Waals surface area contributed by atoms with Gasteiger partial charge in [0.2, 0.25) is 0 Å². The van der Waals surface area contributed by atoms with Crippen LogP contribution < -0.4 is 4.74 Å². The summed E-state index contributed by atoms with van der Waals surface area (Å²) >= 11 is 0. The van der Waals surface area contributed by atoms with Crippen LogP contribution in [-0.2, 0) is 0 Å². The molecule has 5 heteroatoms. The van der Waals surface area contributed by atoms with Crippen molar-refractivity contribution in [2.45, 2.75) is 6.92 Å². The number of hydrogen-bond acceptors (Lipinski definition) is 4. The molecule has 18 heavy (non-hydrogen) atoms. The van der Waals surface area contributed by atoms with Gasteiger partial charge in [-0.05, 0) is 42.8 Å². The van der Waals surface area contributed by atoms with Crippen molar-refractivity contribution in [2.75, 3.05) is 0 Å². The Kier molecular flexibility index (Phi) is 3.14. The fourth-order valence-corrected chi connectivity index (χ4v) is 1.50. The van der Waals surface area contributed by atoms with Gasteiger partial charge in [0, 0.05) is 12.1 Å². The zero-order valence-corrected chi connectivity index (χ0v) is 9.66. The van der Waals surface area contributed by atoms with Gasteiger partial charge in [-0.3, -0.25) is 10.1 Å². The van der Waals surface area contributed by atoms with Crippen molar-refractivity contribution >= 4 is 5.69 Å². The molecule has 0 bridgehead atoms. The van der Waals surface area contributed by atoms with Crippen molar-refractivity contribution in [1.29, 1.82) is 0 Å². The summed E-state index contributed by atoms with van der Waals surface area (Å²) in [6.07, 6.45) is 0. The Bertz CT molecular complexity index is 578. The van der Waals surface area contributed by atoms with Crippen LogP contribution in [0.15, 0.2) is 42.5 Å². The number of ether oxygens (including phenoxy) is 1. The van der Waals surface area contributed by atoms with Crippen molar-refractivity contribution in [3.8, 4) is 17.2 Å². The molecule has 0 unspecified atom stereocenters. The Morgan fingerprint density at radius 2 is 1.83 bits per heavy atom. The van der Waals surface area contributed by atoms with Crippen LogP contribution in [0.25, 0.3) is 0 Å². The van der Waals surface area contributed by atoms with Gasteiger partial charge in [0.25, 0.3) is 5.69 Å². The number of aryl methyl sites for hydroxylation is 1. The Morgan fingerprint density at radius 3 is 2.39 bits per heavy atom. The lowest BCUT2D eigenvalue weighted by molar-refractivity contribution is -0.384. The highest BCUT2D eigenvalue weighted by Gasteiger charge is 2.09. The minimum atomic E-state index is -0.447. The second kappa shape index (κ2) is 4.75. The van der Waals surface area contributed by atoms with Gasteiger partial charge in [0.1, 0.15) is 17.2 Å². The Hall–Kier alpha value is -2.56. The highest BCUT2D eigenvalue weighted by Crippen LogP contribution is 2.28. The number of aromatic hydroxyl groups is 1. The third kappa shape index (κ3) is 2.57. The molecular formula is C13H11NO4. The van der Waals surface area contributed by atoms with E-state index in [0.717, 1.165) is 0 Å². The zero-order valence-electron chi connectivity index (χ0n) is 9.66. The Morgan fingerprint density at radius 1 is 1.17 bits per heavy atom. The number of non-ortho nitro benzene ring substituents is 1. The summed E-state index contributed by atoms with van der Waals surface area (Å²) in [7, 11) is 0. The summed E-state index contributed by atoms with van der Waals surface area (Å²) in [5.74, 6) is 1.26. The quantitative estimate of drug-likeness (QED) is 0.664. The fraction of sp³-hybridized carbons (Fsp3) is 0.0769. The van der Waals surface area contributed by atoms with E-state index >= 15 is 0 Å². The SMILES string of the molecule is Cc1cc([N+](=O)[O-])ccc1Oc1ccc(O)cc1. The summed E-state index contributed by atoms with van der Waals surface area (Å²) in [4.78, 5) is 10.2. The lowest BCUT2D eigenvalue weighted by atomic mass is 10.2. The summed E-state index contributed by atoms with van der Waals surface area (Å²) in [6.45, 7) is 1.74. The molecule has 1 N–H and O–H groups in total. The monoisotopic (exact) mass is 245 g/mol. The van der Waals surface area contributed by atoms with Gasteiger partial charge in [-0.1, -0.05) is 0 Å². The van der Waals surface area contributed by atoms with Crippen molar-refractivity contribution in [3.63, 3.8) is 0 Å². The third-order valence-electron chi connectivity index (χ3n) is 2.43. The van der Waals surface area contributed by atoms with E-state index < -0.39 is 4.92 Å². The first kappa shape index (κ1) is 11.9. The second-order valence-electron chi connectivity index (χ2n) is 3.80. The topological polar surface area (TPSA) is 72.6 Å². The van der Waals surface area contributed by atoms with Crippen molar-refractivity contribution in [1.82, 2.24) is 0 Å². The van der Waals surface area contributed by atoms with Crippen LogP contribution in [0.2, 0.25) is 0 Å². The van der Waals surface area contributed by atoms with Crippen LogP contribution in [0.4, 0.5) is 5.69 Å². The van der Waals surface area contributed by atoms with Gasteiger partial charge in [-0.15, -0.1) is 0 Å². The molecule has 0 aromatic heterocycles. The predicted molar refractivity (Wildman–Crippen MR) is 66.0 cm³/mol. The average Bonchev–Trinajstić information content (AvgIpc) is 2.34. The Balaban J connectivity index is 2.24. The van der Waals surface area contributed by atoms with E-state index in [4.69, 9.17) is 9.84 Å². The fourth-order valence-electron chi connectivity index (χ4n) is 1.50. The number of nitrogens with zero attached hydrogens (tertiary/aromatic N) is 1. The number of nitro benzene ring substituents is 1. The van der Waals surface area contributed by atoms with Gasteiger partial charge >= 0.3 is 0 Å². The average molecular weight is 245 g/mol. The first-order valence-corrected chi connectivity index (χ1v) is 5.28. The summed E-state index contributed by atoms with van der Waals surface area (Å²) in [5.41, 5.74) is 0.711. The number of rotatable bonds is 3. The molecular weight excluding hydrogens is 234 g/mol. The van der Waals surface area contributed by atoms with E-state index in [1.54, 1.807) is 25.1 Å². The van der Waals surface area contributed by atoms with E-state index in [9.17, 15) is 10.1 Å². The van der Waals surface area contributed by atoms with E-state index in [-0.39, 0.29) is 11.4 Å². The van der Waals surface area contributed by atoms with E-state index in [2.05, 4.69) is 0 Å². The van der Waals surface area contributed by atoms with E-state index in [0.29, 0.717) is 17.1 Å². The lowest BCUT2D eigenvalue weighted by Crippen LogP contribution is -1.91. The molecule has 0 heterocycles. The lowest BCUT2D eigenvalue weighted by Gasteiger charge is -2.08. The summed E-state index contributed by atoms with van der Waals surface area (Å²) in [6, 6.07) is 10.7. The maximum absolute atomic E-state index is 10.6. The first-order chi connectivity index (χ1) is 8.56. The van der Waals surface area contributed by atoms with Crippen LogP contribution in [0.5, 0.6) is 17.2 Å². The molecule has 2 aromatic rings. The van der Waals surface area contributed by atoms with Crippen LogP contribution >= 0.6 is 0 Å². The van der Waals surface area contributed by atoms with Crippen molar-refractivity contribution in [3.05, 3.63) is 58.1 Å². The van der Waals surface area contributed by atoms with Gasteiger partial charge in [0.15, 0.2) is 0 Å². The smallest absolute Gasteiger partial charge is 0.269 e. The van der Waals surface area contributed by atoms with Crippen LogP contribution in [0.1, 0.15) is 5.56 Å². The molecule has 0 saturated heterocycles. The number of hydrogen-bond donors (Lipinski definition) is 1. The van der Waals surface area contributed by atoms with E-state index in [1.807, 2.05) is 0 Å². The molecule has 92 valence electrons. The van der Waals surface area contributed by atoms with Gasteiger partial charge < -0.3 is 9.84 Å². The normalized spacial score (nSPS) is 10.1. The maximum Gasteiger partial charge on any atom is 0.269 e. The van der Waals surface area contributed by atoms with Gasteiger partial charge in [0.05, 0.1) is 4.92 Å². The highest BCUT2D eigenvalue weighted by molar-refractivity contribution is 5.45. The number of phenols is 1. The molecule has 0 aliphatic heterocycles. The molecule has 0 fully saturated rings. The third-order valence-corrected chi connectivity index (χ3v) is 2.43. The minimum Gasteiger partial charge on any atom is -0.508 e. The van der Waals surface area contributed by atoms with Crippen molar-refractivity contribution in [2.24, 2.45) is 0 Å².